The highest BCUT2D eigenvalue weighted by Crippen LogP contribution is 2.38. The van der Waals surface area contributed by atoms with Crippen LogP contribution in [0.2, 0.25) is 0 Å². The van der Waals surface area contributed by atoms with Crippen LogP contribution in [0.3, 0.4) is 0 Å². The van der Waals surface area contributed by atoms with Gasteiger partial charge in [0.1, 0.15) is 18.3 Å². The van der Waals surface area contributed by atoms with Crippen molar-refractivity contribution in [1.29, 1.82) is 0 Å². The van der Waals surface area contributed by atoms with Gasteiger partial charge in [0.25, 0.3) is 0 Å². The Bertz CT molecular complexity index is 1720. The molecule has 0 aromatic heterocycles. The third-order valence-corrected chi connectivity index (χ3v) is 8.63. The third-order valence-electron chi connectivity index (χ3n) is 8.63. The first-order chi connectivity index (χ1) is 20.0. The Morgan fingerprint density at radius 2 is 1.66 bits per heavy atom. The lowest BCUT2D eigenvalue weighted by Crippen LogP contribution is -2.38. The van der Waals surface area contributed by atoms with Crippen LogP contribution in [0.4, 0.5) is 0 Å². The highest BCUT2D eigenvalue weighted by molar-refractivity contribution is 6.04. The minimum absolute atomic E-state index is 0.0837. The lowest BCUT2D eigenvalue weighted by molar-refractivity contribution is 0.683. The fourth-order valence-corrected chi connectivity index (χ4v) is 6.28. The van der Waals surface area contributed by atoms with Crippen LogP contribution in [-0.2, 0) is 5.41 Å². The van der Waals surface area contributed by atoms with Crippen LogP contribution in [0.5, 0.6) is 0 Å². The summed E-state index contributed by atoms with van der Waals surface area (Å²) in [5.74, 6) is 1.21. The summed E-state index contributed by atoms with van der Waals surface area (Å²) in [4.78, 5) is 9.15. The van der Waals surface area contributed by atoms with Crippen molar-refractivity contribution in [1.82, 2.24) is 5.32 Å². The molecule has 0 amide bonds. The van der Waals surface area contributed by atoms with Crippen molar-refractivity contribution in [3.8, 4) is 11.1 Å². The third kappa shape index (κ3) is 5.09. The lowest BCUT2D eigenvalue weighted by atomic mass is 9.84. The smallest absolute Gasteiger partial charge is 0.147 e. The molecule has 3 aromatic carbocycles. The number of benzene rings is 3. The van der Waals surface area contributed by atoms with Gasteiger partial charge in [-0.05, 0) is 75.9 Å². The fraction of sp³-hybridized carbons (Fsp3) is 0.211. The Balaban J connectivity index is 1.13. The maximum Gasteiger partial charge on any atom is 0.147 e. The zero-order valence-corrected chi connectivity index (χ0v) is 23.7. The van der Waals surface area contributed by atoms with Crippen molar-refractivity contribution in [3.63, 3.8) is 0 Å². The Morgan fingerprint density at radius 1 is 0.805 bits per heavy atom. The van der Waals surface area contributed by atoms with Crippen LogP contribution in [0.15, 0.2) is 125 Å². The SMILES string of the molecule is CC1(C)C=Cc2cc(C3=CC(c4cccc(-c5cccc(C6=NC=NC(C7=CCCC=C7)N6)c5)c4)CC=C3)ccc21. The summed E-state index contributed by atoms with van der Waals surface area (Å²) in [7, 11) is 0. The number of nitrogens with zero attached hydrogens (tertiary/aromatic N) is 2. The molecule has 41 heavy (non-hydrogen) atoms. The van der Waals surface area contributed by atoms with Crippen LogP contribution in [0, 0.1) is 0 Å². The molecule has 0 saturated heterocycles. The van der Waals surface area contributed by atoms with E-state index >= 15 is 0 Å². The van der Waals surface area contributed by atoms with Gasteiger partial charge in [0.05, 0.1) is 0 Å². The van der Waals surface area contributed by atoms with E-state index in [0.717, 1.165) is 30.7 Å². The van der Waals surface area contributed by atoms with Gasteiger partial charge < -0.3 is 5.32 Å². The second-order valence-electron chi connectivity index (χ2n) is 11.9. The van der Waals surface area contributed by atoms with Crippen molar-refractivity contribution >= 4 is 23.8 Å². The molecule has 4 aliphatic rings. The van der Waals surface area contributed by atoms with Gasteiger partial charge in [0, 0.05) is 16.9 Å². The van der Waals surface area contributed by atoms with E-state index in [9.17, 15) is 0 Å². The molecule has 1 heterocycles. The van der Waals surface area contributed by atoms with Gasteiger partial charge in [0.15, 0.2) is 0 Å². The molecule has 0 bridgehead atoms. The van der Waals surface area contributed by atoms with E-state index in [4.69, 9.17) is 0 Å². The number of aliphatic imine (C=N–C) groups is 2. The molecule has 0 spiro atoms. The Kier molecular flexibility index (Phi) is 6.51. The van der Waals surface area contributed by atoms with E-state index in [1.54, 1.807) is 6.34 Å². The first-order valence-corrected chi connectivity index (χ1v) is 14.7. The molecule has 3 nitrogen and oxygen atoms in total. The monoisotopic (exact) mass is 533 g/mol. The van der Waals surface area contributed by atoms with E-state index < -0.39 is 0 Å². The summed E-state index contributed by atoms with van der Waals surface area (Å²) in [6.45, 7) is 4.56. The molecule has 0 fully saturated rings. The van der Waals surface area contributed by atoms with Gasteiger partial charge in [-0.25, -0.2) is 9.98 Å². The maximum absolute atomic E-state index is 4.58. The first kappa shape index (κ1) is 25.5. The number of amidine groups is 1. The maximum atomic E-state index is 4.58. The quantitative estimate of drug-likeness (QED) is 0.350. The van der Waals surface area contributed by atoms with Gasteiger partial charge in [-0.3, -0.25) is 0 Å². The molecule has 202 valence electrons. The van der Waals surface area contributed by atoms with Gasteiger partial charge in [-0.2, -0.15) is 0 Å². The summed E-state index contributed by atoms with van der Waals surface area (Å²) < 4.78 is 0. The van der Waals surface area contributed by atoms with Crippen LogP contribution in [0.25, 0.3) is 22.8 Å². The molecule has 7 rings (SSSR count). The minimum Gasteiger partial charge on any atom is -0.344 e. The Labute approximate surface area is 243 Å². The van der Waals surface area contributed by atoms with Gasteiger partial charge in [-0.1, -0.05) is 117 Å². The Hall–Kier alpha value is -4.50. The molecular weight excluding hydrogens is 498 g/mol. The largest absolute Gasteiger partial charge is 0.344 e. The number of nitrogens with one attached hydrogen (secondary N) is 1. The van der Waals surface area contributed by atoms with Crippen molar-refractivity contribution < 1.29 is 0 Å². The van der Waals surface area contributed by atoms with Crippen molar-refractivity contribution in [3.05, 3.63) is 143 Å². The fourth-order valence-electron chi connectivity index (χ4n) is 6.28. The van der Waals surface area contributed by atoms with Crippen molar-refractivity contribution in [2.45, 2.75) is 50.6 Å². The molecule has 3 heteroatoms. The van der Waals surface area contributed by atoms with E-state index in [-0.39, 0.29) is 11.6 Å². The molecule has 0 saturated carbocycles. The highest BCUT2D eigenvalue weighted by atomic mass is 15.2. The van der Waals surface area contributed by atoms with Crippen LogP contribution >= 0.6 is 0 Å². The first-order valence-electron chi connectivity index (χ1n) is 14.7. The van der Waals surface area contributed by atoms with Crippen LogP contribution in [-0.4, -0.2) is 18.3 Å². The topological polar surface area (TPSA) is 36.8 Å². The van der Waals surface area contributed by atoms with Crippen LogP contribution < -0.4 is 5.32 Å². The predicted molar refractivity (Wildman–Crippen MR) is 173 cm³/mol. The average Bonchev–Trinajstić information content (AvgIpc) is 3.35. The van der Waals surface area contributed by atoms with Gasteiger partial charge >= 0.3 is 0 Å². The summed E-state index contributed by atoms with van der Waals surface area (Å²) in [5, 5.41) is 3.53. The van der Waals surface area contributed by atoms with Crippen molar-refractivity contribution in [2.24, 2.45) is 9.98 Å². The Morgan fingerprint density at radius 3 is 2.54 bits per heavy atom. The minimum atomic E-state index is -0.0837. The number of hydrogen-bond acceptors (Lipinski definition) is 3. The summed E-state index contributed by atoms with van der Waals surface area (Å²) >= 11 is 0. The summed E-state index contributed by atoms with van der Waals surface area (Å²) in [6.07, 6.45) is 23.1. The summed E-state index contributed by atoms with van der Waals surface area (Å²) in [5.41, 5.74) is 11.5. The average molecular weight is 534 g/mol. The zero-order valence-electron chi connectivity index (χ0n) is 23.7. The summed E-state index contributed by atoms with van der Waals surface area (Å²) in [6, 6.07) is 24.6. The van der Waals surface area contributed by atoms with E-state index in [1.165, 1.54) is 44.5 Å². The molecular formula is C38H35N3. The molecule has 3 aromatic rings. The molecule has 3 aliphatic carbocycles. The normalized spacial score (nSPS) is 22.0. The highest BCUT2D eigenvalue weighted by Gasteiger charge is 2.25. The predicted octanol–water partition coefficient (Wildman–Crippen LogP) is 8.77. The second kappa shape index (κ2) is 10.5. The number of allylic oxidation sites excluding steroid dienone is 7. The van der Waals surface area contributed by atoms with Crippen LogP contribution in [0.1, 0.15) is 66.8 Å². The molecule has 1 N–H and O–H groups in total. The van der Waals surface area contributed by atoms with Crippen molar-refractivity contribution in [2.75, 3.05) is 0 Å². The second-order valence-corrected chi connectivity index (χ2v) is 11.9. The molecule has 1 aliphatic heterocycles. The molecule has 2 atom stereocenters. The molecule has 0 radical (unpaired) electrons. The van der Waals surface area contributed by atoms with E-state index in [1.807, 2.05) is 0 Å². The number of fused-ring (bicyclic) bond motifs is 1. The number of hydrogen-bond donors (Lipinski definition) is 1. The molecule has 2 unspecified atom stereocenters. The van der Waals surface area contributed by atoms with E-state index in [0.29, 0.717) is 5.92 Å². The lowest BCUT2D eigenvalue weighted by Gasteiger charge is -2.22. The van der Waals surface area contributed by atoms with Gasteiger partial charge in [0.2, 0.25) is 0 Å². The standard InChI is InChI=1S/C38H35N3/c1-38(2)20-19-33-23-32(17-18-35(33)38)30-14-7-12-28(22-30)27-11-6-13-29(21-27)31-15-8-16-34(24-31)37-40-25-39-36(41-37)26-9-4-3-5-10-26/h4,6-11,13-25,28,36H,3,5,12H2,1-2H3,(H,39,40,41). The zero-order chi connectivity index (χ0) is 27.8. The number of rotatable bonds is 5. The van der Waals surface area contributed by atoms with Gasteiger partial charge in [-0.15, -0.1) is 0 Å². The van der Waals surface area contributed by atoms with E-state index in [2.05, 4.69) is 144 Å².